The van der Waals surface area contributed by atoms with Gasteiger partial charge in [0, 0.05) is 16.3 Å². The molecule has 2 aromatic rings. The van der Waals surface area contributed by atoms with Crippen molar-refractivity contribution in [1.29, 1.82) is 0 Å². The second kappa shape index (κ2) is 4.76. The largest absolute Gasteiger partial charge is 0.315 e. The summed E-state index contributed by atoms with van der Waals surface area (Å²) in [4.78, 5) is 2.39. The third-order valence-electron chi connectivity index (χ3n) is 2.55. The van der Waals surface area contributed by atoms with Crippen LogP contribution in [0.5, 0.6) is 0 Å². The number of halogens is 1. The molecule has 2 rings (SSSR count). The van der Waals surface area contributed by atoms with E-state index in [4.69, 9.17) is 0 Å². The van der Waals surface area contributed by atoms with Crippen LogP contribution in [-0.2, 0) is 6.54 Å². The van der Waals surface area contributed by atoms with Crippen molar-refractivity contribution in [2.24, 2.45) is 0 Å². The second-order valence-corrected chi connectivity index (χ2v) is 4.88. The van der Waals surface area contributed by atoms with E-state index < -0.39 is 0 Å². The van der Waals surface area contributed by atoms with E-state index in [2.05, 4.69) is 17.4 Å². The molecule has 1 nitrogen and oxygen atoms in total. The van der Waals surface area contributed by atoms with Gasteiger partial charge in [-0.1, -0.05) is 12.1 Å². The lowest BCUT2D eigenvalue weighted by atomic mass is 10.1. The highest BCUT2D eigenvalue weighted by Crippen LogP contribution is 2.31. The maximum Gasteiger partial charge on any atom is 0.126 e. The minimum Gasteiger partial charge on any atom is -0.315 e. The molecule has 0 spiro atoms. The first-order chi connectivity index (χ1) is 7.72. The average Bonchev–Trinajstić information content (AvgIpc) is 2.71. The van der Waals surface area contributed by atoms with Crippen molar-refractivity contribution in [1.82, 2.24) is 5.32 Å². The molecule has 0 saturated carbocycles. The molecule has 0 aliphatic rings. The van der Waals surface area contributed by atoms with Crippen molar-refractivity contribution >= 4 is 11.3 Å². The maximum atomic E-state index is 13.4. The van der Waals surface area contributed by atoms with Crippen LogP contribution in [0.2, 0.25) is 0 Å². The lowest BCUT2D eigenvalue weighted by Gasteiger charge is -2.03. The van der Waals surface area contributed by atoms with Crippen LogP contribution in [0.15, 0.2) is 30.3 Å². The third-order valence-corrected chi connectivity index (χ3v) is 3.66. The fourth-order valence-electron chi connectivity index (χ4n) is 1.67. The van der Waals surface area contributed by atoms with E-state index in [9.17, 15) is 4.39 Å². The topological polar surface area (TPSA) is 12.0 Å². The molecule has 0 amide bonds. The molecule has 0 fully saturated rings. The predicted octanol–water partition coefficient (Wildman–Crippen LogP) is 3.58. The molecule has 84 valence electrons. The fourth-order valence-corrected chi connectivity index (χ4v) is 2.77. The van der Waals surface area contributed by atoms with Crippen molar-refractivity contribution in [3.63, 3.8) is 0 Å². The van der Waals surface area contributed by atoms with Gasteiger partial charge in [-0.25, -0.2) is 4.39 Å². The monoisotopic (exact) mass is 235 g/mol. The van der Waals surface area contributed by atoms with Crippen LogP contribution >= 0.6 is 11.3 Å². The first-order valence-electron chi connectivity index (χ1n) is 5.21. The Morgan fingerprint density at radius 1 is 1.25 bits per heavy atom. The molecule has 1 aromatic carbocycles. The number of thiophene rings is 1. The maximum absolute atomic E-state index is 13.4. The highest BCUT2D eigenvalue weighted by molar-refractivity contribution is 7.15. The van der Waals surface area contributed by atoms with Crippen LogP contribution in [-0.4, -0.2) is 7.05 Å². The summed E-state index contributed by atoms with van der Waals surface area (Å²) in [5.74, 6) is -0.138. The zero-order valence-corrected chi connectivity index (χ0v) is 10.2. The van der Waals surface area contributed by atoms with Gasteiger partial charge in [0.15, 0.2) is 0 Å². The third kappa shape index (κ3) is 2.15. The molecular weight excluding hydrogens is 221 g/mol. The van der Waals surface area contributed by atoms with Crippen molar-refractivity contribution in [3.8, 4) is 10.4 Å². The molecule has 0 bridgehead atoms. The van der Waals surface area contributed by atoms with E-state index in [0.29, 0.717) is 0 Å². The molecule has 0 unspecified atom stereocenters. The van der Waals surface area contributed by atoms with E-state index in [0.717, 1.165) is 22.5 Å². The Kier molecular flexibility index (Phi) is 3.36. The molecule has 1 aromatic heterocycles. The summed E-state index contributed by atoms with van der Waals surface area (Å²) in [5.41, 5.74) is 1.72. The lowest BCUT2D eigenvalue weighted by molar-refractivity contribution is 0.619. The summed E-state index contributed by atoms with van der Waals surface area (Å²) in [5, 5.41) is 3.11. The Morgan fingerprint density at radius 2 is 2.06 bits per heavy atom. The molecule has 0 saturated heterocycles. The van der Waals surface area contributed by atoms with Crippen LogP contribution in [0.4, 0.5) is 4.39 Å². The van der Waals surface area contributed by atoms with Gasteiger partial charge in [-0.15, -0.1) is 11.3 Å². The second-order valence-electron chi connectivity index (χ2n) is 3.71. The Labute approximate surface area is 98.9 Å². The molecule has 1 N–H and O–H groups in total. The molecule has 0 atom stereocenters. The highest BCUT2D eigenvalue weighted by Gasteiger charge is 2.07. The predicted molar refractivity (Wildman–Crippen MR) is 67.2 cm³/mol. The van der Waals surface area contributed by atoms with Gasteiger partial charge in [-0.2, -0.15) is 0 Å². The van der Waals surface area contributed by atoms with E-state index in [1.165, 1.54) is 10.9 Å². The van der Waals surface area contributed by atoms with Crippen LogP contribution in [0.25, 0.3) is 10.4 Å². The fraction of sp³-hybridized carbons (Fsp3) is 0.231. The van der Waals surface area contributed by atoms with E-state index in [1.807, 2.05) is 20.0 Å². The van der Waals surface area contributed by atoms with Crippen molar-refractivity contribution in [2.45, 2.75) is 13.5 Å². The number of hydrogen-bond acceptors (Lipinski definition) is 2. The average molecular weight is 235 g/mol. The molecule has 3 heteroatoms. The van der Waals surface area contributed by atoms with Gasteiger partial charge in [0.05, 0.1) is 0 Å². The molecule has 16 heavy (non-hydrogen) atoms. The Balaban J connectivity index is 2.39. The molecule has 0 radical (unpaired) electrons. The number of benzene rings is 1. The molecule has 1 heterocycles. The summed E-state index contributed by atoms with van der Waals surface area (Å²) in [6, 6.07) is 9.36. The van der Waals surface area contributed by atoms with Crippen LogP contribution < -0.4 is 5.32 Å². The highest BCUT2D eigenvalue weighted by atomic mass is 32.1. The number of rotatable bonds is 3. The first-order valence-corrected chi connectivity index (χ1v) is 6.03. The van der Waals surface area contributed by atoms with Gasteiger partial charge in [0.2, 0.25) is 0 Å². The van der Waals surface area contributed by atoms with Gasteiger partial charge in [0.1, 0.15) is 5.82 Å². The zero-order chi connectivity index (χ0) is 11.5. The first kappa shape index (κ1) is 11.3. The van der Waals surface area contributed by atoms with Crippen LogP contribution in [0.1, 0.15) is 10.4 Å². The quantitative estimate of drug-likeness (QED) is 0.857. The summed E-state index contributed by atoms with van der Waals surface area (Å²) in [6.07, 6.45) is 0. The van der Waals surface area contributed by atoms with Gasteiger partial charge in [-0.05, 0) is 43.3 Å². The summed E-state index contributed by atoms with van der Waals surface area (Å²) in [6.45, 7) is 2.68. The van der Waals surface area contributed by atoms with Crippen molar-refractivity contribution < 1.29 is 4.39 Å². The standard InChI is InChI=1S/C13H14FNS/c1-9-11(4-3-5-12(9)14)13-7-6-10(16-13)8-15-2/h3-7,15H,8H2,1-2H3. The minimum atomic E-state index is -0.138. The van der Waals surface area contributed by atoms with Gasteiger partial charge >= 0.3 is 0 Å². The van der Waals surface area contributed by atoms with E-state index in [-0.39, 0.29) is 5.82 Å². The smallest absolute Gasteiger partial charge is 0.126 e. The lowest BCUT2D eigenvalue weighted by Crippen LogP contribution is -2.02. The zero-order valence-electron chi connectivity index (χ0n) is 9.38. The van der Waals surface area contributed by atoms with Crippen LogP contribution in [0, 0.1) is 12.7 Å². The van der Waals surface area contributed by atoms with Gasteiger partial charge < -0.3 is 5.32 Å². The Bertz CT molecular complexity index is 490. The molecule has 0 aliphatic carbocycles. The number of hydrogen-bond donors (Lipinski definition) is 1. The molecular formula is C13H14FNS. The SMILES string of the molecule is CNCc1ccc(-c2cccc(F)c2C)s1. The van der Waals surface area contributed by atoms with Gasteiger partial charge in [-0.3, -0.25) is 0 Å². The van der Waals surface area contributed by atoms with Gasteiger partial charge in [0.25, 0.3) is 0 Å². The summed E-state index contributed by atoms with van der Waals surface area (Å²) in [7, 11) is 1.92. The summed E-state index contributed by atoms with van der Waals surface area (Å²) < 4.78 is 13.4. The van der Waals surface area contributed by atoms with Crippen molar-refractivity contribution in [3.05, 3.63) is 46.6 Å². The molecule has 0 aliphatic heterocycles. The van der Waals surface area contributed by atoms with E-state index in [1.54, 1.807) is 17.4 Å². The Morgan fingerprint density at radius 3 is 2.81 bits per heavy atom. The Hall–Kier alpha value is -1.19. The van der Waals surface area contributed by atoms with E-state index >= 15 is 0 Å². The number of nitrogens with one attached hydrogen (secondary N) is 1. The normalized spacial score (nSPS) is 10.7. The van der Waals surface area contributed by atoms with Crippen molar-refractivity contribution in [2.75, 3.05) is 7.05 Å². The summed E-state index contributed by atoms with van der Waals surface area (Å²) >= 11 is 1.70. The minimum absolute atomic E-state index is 0.138. The van der Waals surface area contributed by atoms with Crippen LogP contribution in [0.3, 0.4) is 0 Å².